The highest BCUT2D eigenvalue weighted by Gasteiger charge is 2.64. The number of aliphatic hydroxyl groups is 1. The van der Waals surface area contributed by atoms with Crippen LogP contribution >= 0.6 is 0 Å². The molecular formula is C9H9F3O4. The van der Waals surface area contributed by atoms with Crippen molar-refractivity contribution in [3.8, 4) is 0 Å². The molecule has 16 heavy (non-hydrogen) atoms. The Hall–Kier alpha value is -1.50. The number of hydrogen-bond acceptors (Lipinski definition) is 4. The predicted octanol–water partition coefficient (Wildman–Crippen LogP) is 1.51. The minimum Gasteiger partial charge on any atom is -0.466 e. The van der Waals surface area contributed by atoms with Crippen LogP contribution in [0.4, 0.5) is 13.2 Å². The van der Waals surface area contributed by atoms with E-state index < -0.39 is 23.5 Å². The number of furan rings is 1. The molecule has 4 nitrogen and oxygen atoms in total. The lowest BCUT2D eigenvalue weighted by atomic mass is 10.0. The second-order valence-corrected chi connectivity index (χ2v) is 3.11. The van der Waals surface area contributed by atoms with Gasteiger partial charge in [-0.15, -0.1) is 0 Å². The van der Waals surface area contributed by atoms with E-state index in [1.807, 2.05) is 0 Å². The molecule has 1 N–H and O–H groups in total. The third kappa shape index (κ3) is 1.78. The summed E-state index contributed by atoms with van der Waals surface area (Å²) in [5.41, 5.74) is -3.77. The molecule has 0 amide bonds. The molecule has 0 aliphatic rings. The van der Waals surface area contributed by atoms with Gasteiger partial charge in [0.05, 0.1) is 7.11 Å². The van der Waals surface area contributed by atoms with Gasteiger partial charge in [0.15, 0.2) is 5.76 Å². The quantitative estimate of drug-likeness (QED) is 0.793. The highest BCUT2D eigenvalue weighted by atomic mass is 19.4. The second-order valence-electron chi connectivity index (χ2n) is 3.11. The molecule has 1 atom stereocenters. The Morgan fingerprint density at radius 1 is 1.44 bits per heavy atom. The SMILES string of the molecule is COC(=O)C(O)(c1ccc(C)o1)C(F)(F)F. The van der Waals surface area contributed by atoms with Gasteiger partial charge in [0, 0.05) is 0 Å². The van der Waals surface area contributed by atoms with Gasteiger partial charge in [-0.2, -0.15) is 13.2 Å². The predicted molar refractivity (Wildman–Crippen MR) is 45.4 cm³/mol. The maximum Gasteiger partial charge on any atom is 0.435 e. The number of methoxy groups -OCH3 is 1. The highest BCUT2D eigenvalue weighted by Crippen LogP contribution is 2.40. The second kappa shape index (κ2) is 3.82. The van der Waals surface area contributed by atoms with Crippen LogP contribution in [0.15, 0.2) is 16.5 Å². The zero-order valence-electron chi connectivity index (χ0n) is 8.46. The summed E-state index contributed by atoms with van der Waals surface area (Å²) in [4.78, 5) is 11.0. The largest absolute Gasteiger partial charge is 0.466 e. The summed E-state index contributed by atoms with van der Waals surface area (Å²) in [5, 5.41) is 9.41. The maximum absolute atomic E-state index is 12.6. The van der Waals surface area contributed by atoms with Crippen LogP contribution in [-0.2, 0) is 15.1 Å². The van der Waals surface area contributed by atoms with Gasteiger partial charge in [-0.25, -0.2) is 4.79 Å². The molecule has 0 saturated carbocycles. The average molecular weight is 238 g/mol. The summed E-state index contributed by atoms with van der Waals surface area (Å²) in [6.45, 7) is 1.39. The lowest BCUT2D eigenvalue weighted by molar-refractivity contribution is -0.271. The fourth-order valence-corrected chi connectivity index (χ4v) is 1.13. The van der Waals surface area contributed by atoms with Crippen LogP contribution in [0, 0.1) is 6.92 Å². The number of aryl methyl sites for hydroxylation is 1. The van der Waals surface area contributed by atoms with Crippen LogP contribution in [-0.4, -0.2) is 24.4 Å². The molecular weight excluding hydrogens is 229 g/mol. The first-order valence-electron chi connectivity index (χ1n) is 4.18. The highest BCUT2D eigenvalue weighted by molar-refractivity contribution is 5.81. The van der Waals surface area contributed by atoms with Crippen molar-refractivity contribution in [1.82, 2.24) is 0 Å². The van der Waals surface area contributed by atoms with Gasteiger partial charge in [-0.05, 0) is 19.1 Å². The van der Waals surface area contributed by atoms with E-state index in [1.165, 1.54) is 13.0 Å². The van der Waals surface area contributed by atoms with Gasteiger partial charge in [0.25, 0.3) is 0 Å². The van der Waals surface area contributed by atoms with Crippen LogP contribution in [0.25, 0.3) is 0 Å². The molecule has 1 aromatic rings. The lowest BCUT2D eigenvalue weighted by Crippen LogP contribution is -2.49. The Labute approximate surface area is 88.6 Å². The number of rotatable bonds is 2. The minimum absolute atomic E-state index is 0.140. The van der Waals surface area contributed by atoms with Crippen LogP contribution in [0.3, 0.4) is 0 Å². The summed E-state index contributed by atoms with van der Waals surface area (Å²) in [6, 6.07) is 2.08. The molecule has 0 aromatic carbocycles. The summed E-state index contributed by atoms with van der Waals surface area (Å²) in [5.74, 6) is -2.61. The fourth-order valence-electron chi connectivity index (χ4n) is 1.13. The molecule has 0 bridgehead atoms. The van der Waals surface area contributed by atoms with Gasteiger partial charge < -0.3 is 14.3 Å². The molecule has 1 heterocycles. The van der Waals surface area contributed by atoms with Gasteiger partial charge in [0.2, 0.25) is 0 Å². The molecule has 1 aromatic heterocycles. The average Bonchev–Trinajstić information content (AvgIpc) is 2.60. The number of ether oxygens (including phenoxy) is 1. The zero-order chi connectivity index (χ0) is 12.6. The molecule has 0 aliphatic heterocycles. The molecule has 0 saturated heterocycles. The molecule has 0 fully saturated rings. The van der Waals surface area contributed by atoms with Gasteiger partial charge in [-0.1, -0.05) is 0 Å². The first-order valence-corrected chi connectivity index (χ1v) is 4.18. The van der Waals surface area contributed by atoms with E-state index in [-0.39, 0.29) is 5.76 Å². The Balaban J connectivity index is 3.31. The van der Waals surface area contributed by atoms with Gasteiger partial charge in [-0.3, -0.25) is 0 Å². The number of halogens is 3. The van der Waals surface area contributed by atoms with E-state index in [1.54, 1.807) is 0 Å². The van der Waals surface area contributed by atoms with Crippen LogP contribution < -0.4 is 0 Å². The smallest absolute Gasteiger partial charge is 0.435 e. The van der Waals surface area contributed by atoms with Crippen LogP contribution in [0.2, 0.25) is 0 Å². The zero-order valence-corrected chi connectivity index (χ0v) is 8.46. The number of carbonyl (C=O) groups is 1. The summed E-state index contributed by atoms with van der Waals surface area (Å²) in [6.07, 6.45) is -5.22. The molecule has 1 rings (SSSR count). The first kappa shape index (κ1) is 12.6. The van der Waals surface area contributed by atoms with Crippen molar-refractivity contribution in [2.24, 2.45) is 0 Å². The van der Waals surface area contributed by atoms with Gasteiger partial charge in [0.1, 0.15) is 5.76 Å². The Bertz CT molecular complexity index is 396. The van der Waals surface area contributed by atoms with Gasteiger partial charge >= 0.3 is 17.7 Å². The minimum atomic E-state index is -5.22. The van der Waals surface area contributed by atoms with E-state index in [2.05, 4.69) is 9.15 Å². The van der Waals surface area contributed by atoms with Crippen molar-refractivity contribution >= 4 is 5.97 Å². The molecule has 7 heteroatoms. The third-order valence-corrected chi connectivity index (χ3v) is 1.99. The number of esters is 1. The molecule has 1 unspecified atom stereocenters. The summed E-state index contributed by atoms with van der Waals surface area (Å²) < 4.78 is 46.4. The fraction of sp³-hybridized carbons (Fsp3) is 0.444. The van der Waals surface area contributed by atoms with Crippen molar-refractivity contribution < 1.29 is 32.2 Å². The Morgan fingerprint density at radius 3 is 2.31 bits per heavy atom. The van der Waals surface area contributed by atoms with E-state index in [0.29, 0.717) is 0 Å². The maximum atomic E-state index is 12.6. The van der Waals surface area contributed by atoms with Crippen LogP contribution in [0.5, 0.6) is 0 Å². The molecule has 0 spiro atoms. The number of alkyl halides is 3. The normalized spacial score (nSPS) is 15.6. The van der Waals surface area contributed by atoms with Crippen LogP contribution in [0.1, 0.15) is 11.5 Å². The van der Waals surface area contributed by atoms with E-state index in [9.17, 15) is 23.1 Å². The topological polar surface area (TPSA) is 59.7 Å². The summed E-state index contributed by atoms with van der Waals surface area (Å²) in [7, 11) is 0.745. The van der Waals surface area contributed by atoms with E-state index in [4.69, 9.17) is 0 Å². The lowest BCUT2D eigenvalue weighted by Gasteiger charge is -2.25. The van der Waals surface area contributed by atoms with E-state index >= 15 is 0 Å². The Kier molecular flexibility index (Phi) is 3.00. The van der Waals surface area contributed by atoms with E-state index in [0.717, 1.165) is 13.2 Å². The number of carbonyl (C=O) groups excluding carboxylic acids is 1. The molecule has 0 aliphatic carbocycles. The first-order chi connectivity index (χ1) is 7.23. The monoisotopic (exact) mass is 238 g/mol. The van der Waals surface area contributed by atoms with Crippen molar-refractivity contribution in [2.45, 2.75) is 18.7 Å². The van der Waals surface area contributed by atoms with Crippen molar-refractivity contribution in [2.75, 3.05) is 7.11 Å². The number of hydrogen-bond donors (Lipinski definition) is 1. The standard InChI is InChI=1S/C9H9F3O4/c1-5-3-4-6(16-5)8(14,7(13)15-2)9(10,11)12/h3-4,14H,1-2H3. The van der Waals surface area contributed by atoms with Crippen molar-refractivity contribution in [1.29, 1.82) is 0 Å². The summed E-state index contributed by atoms with van der Waals surface area (Å²) >= 11 is 0. The van der Waals surface area contributed by atoms with Crippen molar-refractivity contribution in [3.63, 3.8) is 0 Å². The van der Waals surface area contributed by atoms with Crippen molar-refractivity contribution in [3.05, 3.63) is 23.7 Å². The Morgan fingerprint density at radius 2 is 2.00 bits per heavy atom. The third-order valence-electron chi connectivity index (χ3n) is 1.99. The molecule has 90 valence electrons. The molecule has 0 radical (unpaired) electrons.